The first-order chi connectivity index (χ1) is 19.8. The lowest BCUT2D eigenvalue weighted by Crippen LogP contribution is -2.51. The fourth-order valence-electron chi connectivity index (χ4n) is 5.10. The van der Waals surface area contributed by atoms with E-state index in [0.717, 1.165) is 38.6 Å². The summed E-state index contributed by atoms with van der Waals surface area (Å²) in [6.45, 7) is 32.5. The minimum absolute atomic E-state index is 0.128. The van der Waals surface area contributed by atoms with Crippen molar-refractivity contribution in [3.05, 3.63) is 18.5 Å². The molecule has 0 bridgehead atoms. The third kappa shape index (κ3) is 17.2. The molecule has 0 spiro atoms. The smallest absolute Gasteiger partial charge is 0.248 e. The number of amides is 2. The number of carbonyl (C=O) groups excluding carboxylic acids is 2. The monoisotopic (exact) mass is 607 g/mol. The van der Waals surface area contributed by atoms with E-state index < -0.39 is 0 Å². The van der Waals surface area contributed by atoms with Crippen LogP contribution < -0.4 is 5.32 Å². The normalized spacial score (nSPS) is 19.2. The Bertz CT molecular complexity index is 906. The van der Waals surface area contributed by atoms with Gasteiger partial charge in [-0.15, -0.1) is 0 Å². The van der Waals surface area contributed by atoms with Crippen LogP contribution in [0.4, 0.5) is 0 Å². The Morgan fingerprint density at radius 3 is 1.95 bits per heavy atom. The summed E-state index contributed by atoms with van der Waals surface area (Å²) in [7, 11) is 1.99. The fraction of sp³-hybridized carbons (Fsp3) is 0.853. The van der Waals surface area contributed by atoms with Gasteiger partial charge < -0.3 is 19.9 Å². The SMILES string of the molecule is CC(C)(C)C1CCNCC1.CC(C)(C)n1cccn1.CC(C)CN1CCOCC1=O.CN1CCN(CC(C)(C)C)C(=O)C1. The molecule has 0 aliphatic carbocycles. The van der Waals surface area contributed by atoms with Crippen LogP contribution in [0.25, 0.3) is 0 Å². The van der Waals surface area contributed by atoms with Gasteiger partial charge in [-0.2, -0.15) is 5.10 Å². The highest BCUT2D eigenvalue weighted by atomic mass is 16.5. The Hall–Kier alpha value is -1.97. The van der Waals surface area contributed by atoms with Gasteiger partial charge in [-0.3, -0.25) is 19.2 Å². The summed E-state index contributed by atoms with van der Waals surface area (Å²) in [4.78, 5) is 28.6. The zero-order valence-electron chi connectivity index (χ0n) is 29.8. The molecule has 3 aliphatic heterocycles. The van der Waals surface area contributed by atoms with Gasteiger partial charge in [0.1, 0.15) is 6.61 Å². The van der Waals surface area contributed by atoms with E-state index in [1.54, 1.807) is 6.20 Å². The number of likely N-dealkylation sites (N-methyl/N-ethyl adjacent to an activating group) is 1. The Morgan fingerprint density at radius 2 is 1.56 bits per heavy atom. The molecule has 0 unspecified atom stereocenters. The Kier molecular flexibility index (Phi) is 16.4. The number of morpholine rings is 1. The molecule has 0 radical (unpaired) electrons. The van der Waals surface area contributed by atoms with E-state index in [1.807, 2.05) is 33.8 Å². The van der Waals surface area contributed by atoms with Crippen LogP contribution in [-0.2, 0) is 19.9 Å². The van der Waals surface area contributed by atoms with Crippen molar-refractivity contribution >= 4 is 11.8 Å². The summed E-state index contributed by atoms with van der Waals surface area (Å²) in [5.74, 6) is 1.89. The highest BCUT2D eigenvalue weighted by Crippen LogP contribution is 2.32. The number of hydrogen-bond acceptors (Lipinski definition) is 6. The summed E-state index contributed by atoms with van der Waals surface area (Å²) in [5.41, 5.74) is 0.872. The zero-order valence-corrected chi connectivity index (χ0v) is 29.8. The standard InChI is InChI=1S/C10H20N2O.C9H19N.C8H15NO2.C7H12N2/c1-10(2,3)8-12-6-5-11(4)7-9(12)13;1-9(2,3)8-4-6-10-7-5-8;1-7(2)5-9-3-4-11-6-8(9)10;1-7(2,3)9-6-4-5-8-9/h5-8H2,1-4H3;8,10H,4-7H2,1-3H3;7H,3-6H2,1-2H3;4-6H,1-3H3. The van der Waals surface area contributed by atoms with Crippen molar-refractivity contribution in [2.24, 2.45) is 22.7 Å². The van der Waals surface area contributed by atoms with Gasteiger partial charge in [-0.05, 0) is 82.5 Å². The van der Waals surface area contributed by atoms with Gasteiger partial charge in [-0.25, -0.2) is 0 Å². The van der Waals surface area contributed by atoms with Crippen molar-refractivity contribution < 1.29 is 14.3 Å². The Balaban J connectivity index is 0.000000289. The van der Waals surface area contributed by atoms with Crippen LogP contribution in [0.3, 0.4) is 0 Å². The van der Waals surface area contributed by atoms with Gasteiger partial charge in [-0.1, -0.05) is 55.4 Å². The Labute approximate surface area is 264 Å². The van der Waals surface area contributed by atoms with Crippen molar-refractivity contribution in [2.45, 2.75) is 94.5 Å². The van der Waals surface area contributed by atoms with E-state index in [4.69, 9.17) is 4.74 Å². The van der Waals surface area contributed by atoms with Crippen molar-refractivity contribution in [1.29, 1.82) is 0 Å². The molecule has 9 heteroatoms. The van der Waals surface area contributed by atoms with Crippen LogP contribution >= 0.6 is 0 Å². The molecule has 0 saturated carbocycles. The van der Waals surface area contributed by atoms with Gasteiger partial charge in [0, 0.05) is 45.1 Å². The molecular weight excluding hydrogens is 540 g/mol. The van der Waals surface area contributed by atoms with Gasteiger partial charge in [0.2, 0.25) is 11.8 Å². The van der Waals surface area contributed by atoms with E-state index in [-0.39, 0.29) is 29.4 Å². The Morgan fingerprint density at radius 1 is 0.930 bits per heavy atom. The molecule has 2 amide bonds. The van der Waals surface area contributed by atoms with Crippen molar-refractivity contribution in [1.82, 2.24) is 29.8 Å². The zero-order chi connectivity index (χ0) is 32.8. The molecule has 3 aliphatic rings. The number of nitrogens with one attached hydrogen (secondary N) is 1. The highest BCUT2D eigenvalue weighted by Gasteiger charge is 2.26. The second kappa shape index (κ2) is 18.1. The van der Waals surface area contributed by atoms with Crippen LogP contribution in [0.15, 0.2) is 18.5 Å². The maximum Gasteiger partial charge on any atom is 0.248 e. The summed E-state index contributed by atoms with van der Waals surface area (Å²) in [6.07, 6.45) is 6.50. The average molecular weight is 607 g/mol. The van der Waals surface area contributed by atoms with E-state index in [0.29, 0.717) is 24.5 Å². The van der Waals surface area contributed by atoms with Crippen molar-refractivity contribution in [3.63, 3.8) is 0 Å². The molecule has 3 saturated heterocycles. The van der Waals surface area contributed by atoms with Gasteiger partial charge in [0.25, 0.3) is 0 Å². The molecule has 1 aromatic rings. The number of piperazine rings is 1. The first-order valence-corrected chi connectivity index (χ1v) is 16.3. The molecule has 250 valence electrons. The topological polar surface area (TPSA) is 82.9 Å². The quantitative estimate of drug-likeness (QED) is 0.523. The molecule has 1 aromatic heterocycles. The van der Waals surface area contributed by atoms with Gasteiger partial charge in [0.05, 0.1) is 18.7 Å². The van der Waals surface area contributed by atoms with E-state index in [1.165, 1.54) is 25.9 Å². The van der Waals surface area contributed by atoms with Gasteiger partial charge >= 0.3 is 0 Å². The van der Waals surface area contributed by atoms with Crippen molar-refractivity contribution in [2.75, 3.05) is 72.6 Å². The lowest BCUT2D eigenvalue weighted by molar-refractivity contribution is -0.143. The number of ether oxygens (including phenoxy) is 1. The lowest BCUT2D eigenvalue weighted by Gasteiger charge is -2.36. The lowest BCUT2D eigenvalue weighted by atomic mass is 9.76. The minimum Gasteiger partial charge on any atom is -0.370 e. The third-order valence-corrected chi connectivity index (χ3v) is 7.60. The van der Waals surface area contributed by atoms with Crippen LogP contribution in [0.2, 0.25) is 0 Å². The number of rotatable bonds is 3. The number of aromatic nitrogens is 2. The minimum atomic E-state index is 0.128. The maximum atomic E-state index is 11.6. The third-order valence-electron chi connectivity index (χ3n) is 7.60. The van der Waals surface area contributed by atoms with E-state index in [9.17, 15) is 9.59 Å². The van der Waals surface area contributed by atoms with Crippen LogP contribution in [0, 0.1) is 22.7 Å². The largest absolute Gasteiger partial charge is 0.370 e. The first-order valence-electron chi connectivity index (χ1n) is 16.3. The summed E-state index contributed by atoms with van der Waals surface area (Å²) in [5, 5.41) is 7.49. The highest BCUT2D eigenvalue weighted by molar-refractivity contribution is 5.79. The number of carbonyl (C=O) groups is 2. The van der Waals surface area contributed by atoms with E-state index >= 15 is 0 Å². The maximum absolute atomic E-state index is 11.6. The second-order valence-corrected chi connectivity index (χ2v) is 15.9. The summed E-state index contributed by atoms with van der Waals surface area (Å²) >= 11 is 0. The summed E-state index contributed by atoms with van der Waals surface area (Å²) in [6, 6.07) is 1.94. The average Bonchev–Trinajstić information content (AvgIpc) is 3.44. The predicted octanol–water partition coefficient (Wildman–Crippen LogP) is 4.98. The van der Waals surface area contributed by atoms with Crippen LogP contribution in [0.1, 0.15) is 89.0 Å². The van der Waals surface area contributed by atoms with Crippen LogP contribution in [-0.4, -0.2) is 109 Å². The van der Waals surface area contributed by atoms with Crippen molar-refractivity contribution in [3.8, 4) is 0 Å². The van der Waals surface area contributed by atoms with Gasteiger partial charge in [0.15, 0.2) is 0 Å². The number of nitrogens with zero attached hydrogens (tertiary/aromatic N) is 5. The molecule has 4 heterocycles. The van der Waals surface area contributed by atoms with E-state index in [2.05, 4.69) is 91.5 Å². The molecule has 1 N–H and O–H groups in total. The fourth-order valence-corrected chi connectivity index (χ4v) is 5.10. The first kappa shape index (κ1) is 39.1. The molecule has 3 fully saturated rings. The molecule has 0 aromatic carbocycles. The molecular formula is C34H66N6O3. The molecule has 9 nitrogen and oxygen atoms in total. The molecule has 0 atom stereocenters. The molecule has 4 rings (SSSR count). The predicted molar refractivity (Wildman–Crippen MR) is 178 cm³/mol. The molecule has 43 heavy (non-hydrogen) atoms. The number of piperidine rings is 1. The second-order valence-electron chi connectivity index (χ2n) is 15.9. The number of hydrogen-bond donors (Lipinski definition) is 1. The summed E-state index contributed by atoms with van der Waals surface area (Å²) < 4.78 is 6.94. The van der Waals surface area contributed by atoms with Crippen LogP contribution in [0.5, 0.6) is 0 Å².